The van der Waals surface area contributed by atoms with Crippen molar-refractivity contribution >= 4 is 21.2 Å². The number of benzene rings is 1. The zero-order valence-electron chi connectivity index (χ0n) is 11.5. The van der Waals surface area contributed by atoms with E-state index in [1.807, 2.05) is 0 Å². The molecular formula is C13H22N2O3S. The van der Waals surface area contributed by atoms with E-state index in [1.165, 1.54) is 12.3 Å². The molecule has 0 bridgehead atoms. The highest BCUT2D eigenvalue weighted by atomic mass is 32.2. The van der Waals surface area contributed by atoms with E-state index in [0.29, 0.717) is 12.3 Å². The van der Waals surface area contributed by atoms with Crippen molar-refractivity contribution in [2.75, 3.05) is 37.1 Å². The largest absolute Gasteiger partial charge is 0.397 e. The van der Waals surface area contributed by atoms with Gasteiger partial charge in [-0.15, -0.1) is 0 Å². The highest BCUT2D eigenvalue weighted by molar-refractivity contribution is 7.90. The van der Waals surface area contributed by atoms with Crippen LogP contribution in [-0.4, -0.2) is 34.4 Å². The number of hydrogen-bond acceptors (Lipinski definition) is 5. The van der Waals surface area contributed by atoms with Crippen LogP contribution in [-0.2, 0) is 14.6 Å². The van der Waals surface area contributed by atoms with Crippen LogP contribution in [0.2, 0.25) is 0 Å². The van der Waals surface area contributed by atoms with Crippen molar-refractivity contribution in [2.24, 2.45) is 0 Å². The third-order valence-corrected chi connectivity index (χ3v) is 3.69. The predicted molar refractivity (Wildman–Crippen MR) is 78.2 cm³/mol. The molecule has 0 spiro atoms. The topological polar surface area (TPSA) is 81.4 Å². The van der Waals surface area contributed by atoms with Crippen molar-refractivity contribution in [3.05, 3.63) is 18.2 Å². The molecule has 0 saturated carbocycles. The first kappa shape index (κ1) is 15.8. The van der Waals surface area contributed by atoms with Crippen LogP contribution in [0, 0.1) is 0 Å². The number of nitrogens with two attached hydrogens (primary N) is 1. The number of sulfone groups is 1. The highest BCUT2D eigenvalue weighted by Crippen LogP contribution is 2.22. The van der Waals surface area contributed by atoms with Gasteiger partial charge < -0.3 is 15.8 Å². The van der Waals surface area contributed by atoms with Crippen LogP contribution >= 0.6 is 0 Å². The molecule has 1 aromatic rings. The van der Waals surface area contributed by atoms with Gasteiger partial charge in [-0.05, 0) is 31.0 Å². The number of hydrogen-bond donors (Lipinski definition) is 2. The van der Waals surface area contributed by atoms with Crippen LogP contribution in [0.5, 0.6) is 0 Å². The van der Waals surface area contributed by atoms with Crippen molar-refractivity contribution in [3.63, 3.8) is 0 Å². The first-order chi connectivity index (χ1) is 8.95. The third-order valence-electron chi connectivity index (χ3n) is 2.58. The Bertz CT molecular complexity index is 501. The molecular weight excluding hydrogens is 264 g/mol. The molecule has 3 N–H and O–H groups in total. The minimum Gasteiger partial charge on any atom is -0.397 e. The van der Waals surface area contributed by atoms with E-state index in [4.69, 9.17) is 10.5 Å². The van der Waals surface area contributed by atoms with Crippen molar-refractivity contribution in [1.82, 2.24) is 0 Å². The molecule has 0 amide bonds. The molecule has 0 aromatic heterocycles. The summed E-state index contributed by atoms with van der Waals surface area (Å²) in [6.07, 6.45) is 3.07. The van der Waals surface area contributed by atoms with Gasteiger partial charge in [-0.3, -0.25) is 0 Å². The summed E-state index contributed by atoms with van der Waals surface area (Å²) in [6.45, 7) is 4.31. The SMILES string of the molecule is CCCOCCCNc1ccc(S(C)(=O)=O)cc1N. The van der Waals surface area contributed by atoms with Gasteiger partial charge in [0.1, 0.15) is 0 Å². The molecule has 0 radical (unpaired) electrons. The molecule has 0 aliphatic heterocycles. The minimum absolute atomic E-state index is 0.238. The Balaban J connectivity index is 2.47. The molecule has 5 nitrogen and oxygen atoms in total. The van der Waals surface area contributed by atoms with E-state index >= 15 is 0 Å². The fourth-order valence-corrected chi connectivity index (χ4v) is 2.23. The van der Waals surface area contributed by atoms with Gasteiger partial charge in [0.05, 0.1) is 16.3 Å². The van der Waals surface area contributed by atoms with Gasteiger partial charge in [-0.1, -0.05) is 6.92 Å². The van der Waals surface area contributed by atoms with E-state index in [9.17, 15) is 8.42 Å². The van der Waals surface area contributed by atoms with E-state index in [0.717, 1.165) is 31.7 Å². The van der Waals surface area contributed by atoms with Crippen LogP contribution in [0.1, 0.15) is 19.8 Å². The quantitative estimate of drug-likeness (QED) is 0.563. The predicted octanol–water partition coefficient (Wildman–Crippen LogP) is 1.90. The van der Waals surface area contributed by atoms with Gasteiger partial charge in [-0.2, -0.15) is 0 Å². The number of ether oxygens (including phenoxy) is 1. The highest BCUT2D eigenvalue weighted by Gasteiger charge is 2.09. The van der Waals surface area contributed by atoms with E-state index in [-0.39, 0.29) is 4.90 Å². The van der Waals surface area contributed by atoms with Crippen molar-refractivity contribution in [3.8, 4) is 0 Å². The summed E-state index contributed by atoms with van der Waals surface area (Å²) in [5.41, 5.74) is 7.02. The molecule has 0 heterocycles. The second-order valence-corrected chi connectivity index (χ2v) is 6.43. The summed E-state index contributed by atoms with van der Waals surface area (Å²) in [7, 11) is -3.21. The van der Waals surface area contributed by atoms with Gasteiger partial charge in [0.15, 0.2) is 9.84 Å². The lowest BCUT2D eigenvalue weighted by Crippen LogP contribution is -2.08. The molecule has 0 unspecified atom stereocenters. The molecule has 108 valence electrons. The second-order valence-electron chi connectivity index (χ2n) is 4.41. The Labute approximate surface area is 115 Å². The fraction of sp³-hybridized carbons (Fsp3) is 0.538. The van der Waals surface area contributed by atoms with Crippen LogP contribution < -0.4 is 11.1 Å². The monoisotopic (exact) mass is 286 g/mol. The summed E-state index contributed by atoms with van der Waals surface area (Å²) < 4.78 is 28.1. The zero-order chi connectivity index (χ0) is 14.3. The maximum absolute atomic E-state index is 11.4. The summed E-state index contributed by atoms with van der Waals surface area (Å²) in [5, 5.41) is 3.17. The van der Waals surface area contributed by atoms with E-state index in [1.54, 1.807) is 12.1 Å². The van der Waals surface area contributed by atoms with E-state index in [2.05, 4.69) is 12.2 Å². The van der Waals surface area contributed by atoms with Crippen LogP contribution in [0.15, 0.2) is 23.1 Å². The molecule has 0 aliphatic rings. The number of nitrogen functional groups attached to an aromatic ring is 1. The summed E-state index contributed by atoms with van der Waals surface area (Å²) >= 11 is 0. The average Bonchev–Trinajstić information content (AvgIpc) is 2.34. The summed E-state index contributed by atoms with van der Waals surface area (Å²) in [6, 6.07) is 4.73. The lowest BCUT2D eigenvalue weighted by atomic mass is 10.2. The maximum Gasteiger partial charge on any atom is 0.175 e. The molecule has 0 saturated heterocycles. The standard InChI is InChI=1S/C13H22N2O3S/c1-3-8-18-9-4-7-15-13-6-5-11(10-12(13)14)19(2,16)17/h5-6,10,15H,3-4,7-9,14H2,1-2H3. The van der Waals surface area contributed by atoms with Gasteiger partial charge in [0.2, 0.25) is 0 Å². The van der Waals surface area contributed by atoms with Gasteiger partial charge in [0, 0.05) is 26.0 Å². The summed E-state index contributed by atoms with van der Waals surface area (Å²) in [4.78, 5) is 0.238. The maximum atomic E-state index is 11.4. The van der Waals surface area contributed by atoms with Gasteiger partial charge >= 0.3 is 0 Å². The lowest BCUT2D eigenvalue weighted by molar-refractivity contribution is 0.134. The summed E-state index contributed by atoms with van der Waals surface area (Å²) in [5.74, 6) is 0. The molecule has 6 heteroatoms. The molecule has 19 heavy (non-hydrogen) atoms. The van der Waals surface area contributed by atoms with Crippen LogP contribution in [0.3, 0.4) is 0 Å². The Kier molecular flexibility index (Phi) is 6.11. The number of anilines is 2. The van der Waals surface area contributed by atoms with Gasteiger partial charge in [-0.25, -0.2) is 8.42 Å². The average molecular weight is 286 g/mol. The Morgan fingerprint density at radius 3 is 2.63 bits per heavy atom. The first-order valence-electron chi connectivity index (χ1n) is 6.36. The zero-order valence-corrected chi connectivity index (χ0v) is 12.3. The van der Waals surface area contributed by atoms with Crippen molar-refractivity contribution in [1.29, 1.82) is 0 Å². The lowest BCUT2D eigenvalue weighted by Gasteiger charge is -2.10. The number of rotatable bonds is 8. The Hall–Kier alpha value is -1.27. The van der Waals surface area contributed by atoms with Crippen LogP contribution in [0.25, 0.3) is 0 Å². The fourth-order valence-electron chi connectivity index (χ4n) is 1.58. The normalized spacial score (nSPS) is 11.5. The number of nitrogens with one attached hydrogen (secondary N) is 1. The molecule has 0 atom stereocenters. The molecule has 0 fully saturated rings. The second kappa shape index (κ2) is 7.35. The van der Waals surface area contributed by atoms with Crippen LogP contribution in [0.4, 0.5) is 11.4 Å². The molecule has 1 aromatic carbocycles. The Morgan fingerprint density at radius 1 is 1.32 bits per heavy atom. The minimum atomic E-state index is -3.21. The van der Waals surface area contributed by atoms with E-state index < -0.39 is 9.84 Å². The smallest absolute Gasteiger partial charge is 0.175 e. The van der Waals surface area contributed by atoms with Gasteiger partial charge in [0.25, 0.3) is 0 Å². The van der Waals surface area contributed by atoms with Crippen molar-refractivity contribution < 1.29 is 13.2 Å². The third kappa shape index (κ3) is 5.48. The molecule has 1 rings (SSSR count). The van der Waals surface area contributed by atoms with Crippen molar-refractivity contribution in [2.45, 2.75) is 24.7 Å². The first-order valence-corrected chi connectivity index (χ1v) is 8.25. The molecule has 0 aliphatic carbocycles. The Morgan fingerprint density at radius 2 is 2.05 bits per heavy atom.